The summed E-state index contributed by atoms with van der Waals surface area (Å²) in [5.41, 5.74) is 0.706. The van der Waals surface area contributed by atoms with Crippen LogP contribution in [0.25, 0.3) is 0 Å². The van der Waals surface area contributed by atoms with Gasteiger partial charge in [-0.05, 0) is 32.4 Å². The monoisotopic (exact) mass is 338 g/mol. The minimum absolute atomic E-state index is 0.169. The average Bonchev–Trinajstić information content (AvgIpc) is 2.50. The van der Waals surface area contributed by atoms with Gasteiger partial charge in [-0.15, -0.1) is 0 Å². The molecule has 5 nitrogen and oxygen atoms in total. The van der Waals surface area contributed by atoms with E-state index < -0.39 is 10.0 Å². The lowest BCUT2D eigenvalue weighted by Gasteiger charge is -2.46. The van der Waals surface area contributed by atoms with Crippen molar-refractivity contribution in [2.24, 2.45) is 0 Å². The minimum Gasteiger partial charge on any atom is -0.487 e. The normalized spacial score (nSPS) is 24.2. The molecule has 1 saturated heterocycles. The number of fused-ring (bicyclic) bond motifs is 1. The second-order valence-corrected chi connectivity index (χ2v) is 8.69. The molecule has 1 aromatic rings. The van der Waals surface area contributed by atoms with Crippen molar-refractivity contribution in [3.8, 4) is 5.75 Å². The number of rotatable bonds is 4. The molecule has 0 aromatic heterocycles. The maximum Gasteiger partial charge on any atom is 0.212 e. The molecule has 3 rings (SSSR count). The van der Waals surface area contributed by atoms with Crippen molar-refractivity contribution in [3.05, 3.63) is 29.8 Å². The Morgan fingerprint density at radius 1 is 1.30 bits per heavy atom. The van der Waals surface area contributed by atoms with Crippen LogP contribution in [0.15, 0.2) is 24.3 Å². The van der Waals surface area contributed by atoms with Gasteiger partial charge in [-0.3, -0.25) is 0 Å². The Morgan fingerprint density at radius 3 is 2.70 bits per heavy atom. The Labute approximate surface area is 139 Å². The molecule has 0 bridgehead atoms. The molecule has 1 N–H and O–H groups in total. The Bertz CT molecular complexity index is 652. The van der Waals surface area contributed by atoms with Crippen LogP contribution in [0, 0.1) is 0 Å². The lowest BCUT2D eigenvalue weighted by atomic mass is 9.81. The van der Waals surface area contributed by atoms with Crippen LogP contribution in [0.2, 0.25) is 0 Å². The van der Waals surface area contributed by atoms with E-state index in [1.165, 1.54) is 0 Å². The molecule has 0 saturated carbocycles. The fraction of sp³-hybridized carbons (Fsp3) is 0.647. The Morgan fingerprint density at radius 2 is 2.00 bits per heavy atom. The predicted octanol–water partition coefficient (Wildman–Crippen LogP) is 2.30. The fourth-order valence-corrected chi connectivity index (χ4v) is 4.90. The second-order valence-electron chi connectivity index (χ2n) is 6.82. The lowest BCUT2D eigenvalue weighted by molar-refractivity contribution is -0.0179. The number of hydrogen-bond donors (Lipinski definition) is 1. The first-order valence-electron chi connectivity index (χ1n) is 8.39. The molecule has 1 atom stereocenters. The molecule has 1 unspecified atom stereocenters. The predicted molar refractivity (Wildman–Crippen MR) is 91.1 cm³/mol. The maximum absolute atomic E-state index is 12.3. The van der Waals surface area contributed by atoms with Crippen molar-refractivity contribution < 1.29 is 13.2 Å². The van der Waals surface area contributed by atoms with E-state index in [1.54, 1.807) is 0 Å². The number of sulfonamides is 1. The number of likely N-dealkylation sites (tertiary alicyclic amines) is 1. The van der Waals surface area contributed by atoms with Crippen LogP contribution >= 0.6 is 0 Å². The smallest absolute Gasteiger partial charge is 0.212 e. The number of para-hydroxylation sites is 1. The van der Waals surface area contributed by atoms with Crippen molar-refractivity contribution in [2.75, 3.05) is 25.9 Å². The highest BCUT2D eigenvalue weighted by molar-refractivity contribution is 7.89. The van der Waals surface area contributed by atoms with E-state index in [0.717, 1.165) is 37.2 Å². The van der Waals surface area contributed by atoms with Gasteiger partial charge in [0.15, 0.2) is 0 Å². The van der Waals surface area contributed by atoms with Gasteiger partial charge in [0.1, 0.15) is 11.4 Å². The third-order valence-corrected chi connectivity index (χ3v) is 6.48. The molecule has 1 spiro atoms. The lowest BCUT2D eigenvalue weighted by Crippen LogP contribution is -2.51. The van der Waals surface area contributed by atoms with E-state index in [0.29, 0.717) is 12.8 Å². The zero-order valence-electron chi connectivity index (χ0n) is 13.9. The van der Waals surface area contributed by atoms with Gasteiger partial charge in [-0.1, -0.05) is 25.1 Å². The second kappa shape index (κ2) is 6.42. The van der Waals surface area contributed by atoms with Gasteiger partial charge in [0.2, 0.25) is 10.0 Å². The molecule has 1 aromatic carbocycles. The van der Waals surface area contributed by atoms with Crippen LogP contribution in [-0.2, 0) is 10.0 Å². The molecule has 2 aliphatic heterocycles. The number of nitrogens with one attached hydrogen (secondary N) is 1. The van der Waals surface area contributed by atoms with Gasteiger partial charge in [-0.25, -0.2) is 13.1 Å². The van der Waals surface area contributed by atoms with Crippen molar-refractivity contribution in [2.45, 2.75) is 44.2 Å². The maximum atomic E-state index is 12.3. The summed E-state index contributed by atoms with van der Waals surface area (Å²) in [5.74, 6) is 0.995. The molecule has 0 radical (unpaired) electrons. The van der Waals surface area contributed by atoms with Crippen molar-refractivity contribution in [3.63, 3.8) is 0 Å². The first-order valence-corrected chi connectivity index (χ1v) is 10.0. The Hall–Kier alpha value is -1.11. The molecule has 6 heteroatoms. The molecular weight excluding hydrogens is 312 g/mol. The van der Waals surface area contributed by atoms with Crippen LogP contribution in [0.4, 0.5) is 0 Å². The summed E-state index contributed by atoms with van der Waals surface area (Å²) in [5, 5.41) is 0. The van der Waals surface area contributed by atoms with E-state index in [2.05, 4.69) is 16.7 Å². The number of nitrogens with zero attached hydrogens (tertiary/aromatic N) is 1. The van der Waals surface area contributed by atoms with Gasteiger partial charge >= 0.3 is 0 Å². The van der Waals surface area contributed by atoms with Crippen LogP contribution in [0.3, 0.4) is 0 Å². The summed E-state index contributed by atoms with van der Waals surface area (Å²) in [4.78, 5) is 2.30. The van der Waals surface area contributed by atoms with E-state index in [-0.39, 0.29) is 17.4 Å². The standard InChI is InChI=1S/C17H26N2O3S/c1-3-12-23(20,21)18-15-13-17(8-10-19(2)11-9-17)22-16-7-5-4-6-14(15)16/h4-7,15,18H,3,8-13H2,1-2H3. The largest absolute Gasteiger partial charge is 0.487 e. The molecule has 0 amide bonds. The van der Waals surface area contributed by atoms with Crippen LogP contribution in [0.1, 0.15) is 44.2 Å². The zero-order chi connectivity index (χ0) is 16.5. The molecule has 0 aliphatic carbocycles. The van der Waals surface area contributed by atoms with E-state index in [4.69, 9.17) is 4.74 Å². The molecule has 128 valence electrons. The van der Waals surface area contributed by atoms with E-state index >= 15 is 0 Å². The Balaban J connectivity index is 1.88. The van der Waals surface area contributed by atoms with Crippen molar-refractivity contribution in [1.29, 1.82) is 0 Å². The van der Waals surface area contributed by atoms with Gasteiger partial charge in [-0.2, -0.15) is 0 Å². The quantitative estimate of drug-likeness (QED) is 0.915. The summed E-state index contributed by atoms with van der Waals surface area (Å²) >= 11 is 0. The third kappa shape index (κ3) is 3.70. The summed E-state index contributed by atoms with van der Waals surface area (Å²) in [6, 6.07) is 7.62. The van der Waals surface area contributed by atoms with Gasteiger partial charge in [0.25, 0.3) is 0 Å². The molecule has 1 fully saturated rings. The van der Waals surface area contributed by atoms with E-state index in [1.807, 2.05) is 31.2 Å². The highest BCUT2D eigenvalue weighted by Gasteiger charge is 2.43. The molecule has 2 aliphatic rings. The topological polar surface area (TPSA) is 58.6 Å². The summed E-state index contributed by atoms with van der Waals surface area (Å²) in [6.45, 7) is 3.85. The van der Waals surface area contributed by atoms with E-state index in [9.17, 15) is 8.42 Å². The Kier molecular flexibility index (Phi) is 4.67. The number of ether oxygens (including phenoxy) is 1. The fourth-order valence-electron chi connectivity index (χ4n) is 3.60. The van der Waals surface area contributed by atoms with Crippen LogP contribution in [-0.4, -0.2) is 44.8 Å². The van der Waals surface area contributed by atoms with Gasteiger partial charge < -0.3 is 9.64 Å². The van der Waals surface area contributed by atoms with Crippen molar-refractivity contribution >= 4 is 10.0 Å². The van der Waals surface area contributed by atoms with Gasteiger partial charge in [0.05, 0.1) is 11.8 Å². The summed E-state index contributed by atoms with van der Waals surface area (Å²) in [7, 11) is -1.14. The summed E-state index contributed by atoms with van der Waals surface area (Å²) in [6.07, 6.45) is 3.20. The SMILES string of the molecule is CCCS(=O)(=O)NC1CC2(CCN(C)CC2)Oc2ccccc21. The van der Waals surface area contributed by atoms with Crippen LogP contribution < -0.4 is 9.46 Å². The highest BCUT2D eigenvalue weighted by Crippen LogP contribution is 2.44. The molecule has 2 heterocycles. The zero-order valence-corrected chi connectivity index (χ0v) is 14.7. The highest BCUT2D eigenvalue weighted by atomic mass is 32.2. The average molecular weight is 338 g/mol. The molecule has 23 heavy (non-hydrogen) atoms. The van der Waals surface area contributed by atoms with Gasteiger partial charge in [0, 0.05) is 25.1 Å². The minimum atomic E-state index is -3.26. The number of hydrogen-bond acceptors (Lipinski definition) is 4. The molecular formula is C17H26N2O3S. The first-order chi connectivity index (χ1) is 10.9. The number of piperidine rings is 1. The summed E-state index contributed by atoms with van der Waals surface area (Å²) < 4.78 is 33.8. The van der Waals surface area contributed by atoms with Crippen LogP contribution in [0.5, 0.6) is 5.75 Å². The first kappa shape index (κ1) is 16.7. The number of benzene rings is 1. The third-order valence-electron chi connectivity index (χ3n) is 4.89. The van der Waals surface area contributed by atoms with Crippen molar-refractivity contribution in [1.82, 2.24) is 9.62 Å².